The molecule has 0 bridgehead atoms. The predicted octanol–water partition coefficient (Wildman–Crippen LogP) is 9.06. The van der Waals surface area contributed by atoms with Gasteiger partial charge in [-0.1, -0.05) is 142 Å². The molecule has 40 heavy (non-hydrogen) atoms. The number of carbonyl (C=O) groups excluding carboxylic acids is 2. The molecule has 1 unspecified atom stereocenters. The molecule has 0 spiro atoms. The number of ether oxygens (including phenoxy) is 2. The van der Waals surface area contributed by atoms with Gasteiger partial charge in [-0.05, 0) is 18.6 Å². The summed E-state index contributed by atoms with van der Waals surface area (Å²) in [7, 11) is -4.56. The molecular formula is C32H54O7S. The summed E-state index contributed by atoms with van der Waals surface area (Å²) in [6.07, 6.45) is 23.4. The van der Waals surface area contributed by atoms with Crippen LogP contribution in [0, 0.1) is 0 Å². The standard InChI is InChI=1S/C32H54O7S/c1-3-5-6-7-8-9-10-11-12-13-14-15-16-17-18-19-20-23-27-38-31(33)28-25-21-22-26-29(28)32(34)39-30(24-4-2)40(35,36)37/h21-22,25-26,30H,3-20,23-24,27H2,1-2H3,(H,35,36,37). The van der Waals surface area contributed by atoms with Crippen LogP contribution in [-0.2, 0) is 19.6 Å². The van der Waals surface area contributed by atoms with Crippen molar-refractivity contribution in [3.05, 3.63) is 35.4 Å². The predicted molar refractivity (Wildman–Crippen MR) is 161 cm³/mol. The van der Waals surface area contributed by atoms with Crippen molar-refractivity contribution < 1.29 is 32.0 Å². The lowest BCUT2D eigenvalue weighted by atomic mass is 10.0. The average molecular weight is 583 g/mol. The first-order valence-electron chi connectivity index (χ1n) is 15.7. The number of hydrogen-bond acceptors (Lipinski definition) is 6. The molecule has 0 aliphatic rings. The summed E-state index contributed by atoms with van der Waals surface area (Å²) in [4.78, 5) is 25.1. The van der Waals surface area contributed by atoms with Gasteiger partial charge in [-0.3, -0.25) is 4.55 Å². The fourth-order valence-electron chi connectivity index (χ4n) is 4.77. The Hall–Kier alpha value is -1.93. The number of carbonyl (C=O) groups is 2. The largest absolute Gasteiger partial charge is 0.462 e. The highest BCUT2D eigenvalue weighted by atomic mass is 32.2. The molecule has 1 aromatic rings. The maximum atomic E-state index is 12.6. The van der Waals surface area contributed by atoms with Crippen LogP contribution in [0.2, 0.25) is 0 Å². The Morgan fingerprint density at radius 1 is 0.650 bits per heavy atom. The minimum atomic E-state index is -4.56. The van der Waals surface area contributed by atoms with Crippen molar-refractivity contribution in [3.63, 3.8) is 0 Å². The molecule has 0 fully saturated rings. The van der Waals surface area contributed by atoms with Gasteiger partial charge in [0, 0.05) is 6.42 Å². The lowest BCUT2D eigenvalue weighted by Gasteiger charge is -2.15. The topological polar surface area (TPSA) is 107 Å². The highest BCUT2D eigenvalue weighted by molar-refractivity contribution is 7.86. The van der Waals surface area contributed by atoms with Gasteiger partial charge < -0.3 is 9.47 Å². The Bertz CT molecular complexity index is 914. The minimum absolute atomic E-state index is 0.0143. The van der Waals surface area contributed by atoms with E-state index in [1.54, 1.807) is 19.1 Å². The van der Waals surface area contributed by atoms with E-state index in [1.165, 1.54) is 108 Å². The zero-order valence-corrected chi connectivity index (χ0v) is 25.9. The Labute approximate surface area is 243 Å². The Morgan fingerprint density at radius 2 is 1.05 bits per heavy atom. The van der Waals surface area contributed by atoms with Gasteiger partial charge in [-0.15, -0.1) is 0 Å². The average Bonchev–Trinajstić information content (AvgIpc) is 2.93. The van der Waals surface area contributed by atoms with Crippen LogP contribution in [0.25, 0.3) is 0 Å². The molecule has 0 saturated carbocycles. The molecule has 0 amide bonds. The van der Waals surface area contributed by atoms with Crippen molar-refractivity contribution in [3.8, 4) is 0 Å². The quantitative estimate of drug-likeness (QED) is 0.0696. The number of esters is 2. The Kier molecular flexibility index (Phi) is 20.5. The van der Waals surface area contributed by atoms with Crippen molar-refractivity contribution in [2.45, 2.75) is 148 Å². The fourth-order valence-corrected chi connectivity index (χ4v) is 5.52. The van der Waals surface area contributed by atoms with Gasteiger partial charge >= 0.3 is 22.1 Å². The van der Waals surface area contributed by atoms with E-state index in [4.69, 9.17) is 9.47 Å². The molecule has 0 saturated heterocycles. The molecule has 1 rings (SSSR count). The second-order valence-electron chi connectivity index (χ2n) is 10.8. The SMILES string of the molecule is CCCCCCCCCCCCCCCCCCCCOC(=O)c1ccccc1C(=O)OC(CCC)S(=O)(=O)O. The van der Waals surface area contributed by atoms with Crippen molar-refractivity contribution in [2.24, 2.45) is 0 Å². The molecule has 0 heterocycles. The summed E-state index contributed by atoms with van der Waals surface area (Å²) in [5.41, 5.74) is -1.75. The maximum absolute atomic E-state index is 12.6. The molecule has 1 aromatic carbocycles. The zero-order chi connectivity index (χ0) is 29.5. The molecule has 0 radical (unpaired) electrons. The number of hydrogen-bond donors (Lipinski definition) is 1. The van der Waals surface area contributed by atoms with Crippen molar-refractivity contribution >= 4 is 22.1 Å². The van der Waals surface area contributed by atoms with E-state index in [0.29, 0.717) is 6.42 Å². The van der Waals surface area contributed by atoms with Crippen LogP contribution in [-0.4, -0.2) is 37.0 Å². The van der Waals surface area contributed by atoms with Crippen LogP contribution in [0.5, 0.6) is 0 Å². The number of benzene rings is 1. The first-order valence-corrected chi connectivity index (χ1v) is 17.2. The number of unbranched alkanes of at least 4 members (excludes halogenated alkanes) is 17. The molecule has 0 aromatic heterocycles. The third-order valence-corrected chi connectivity index (χ3v) is 8.19. The highest BCUT2D eigenvalue weighted by Gasteiger charge is 2.28. The molecule has 230 valence electrons. The van der Waals surface area contributed by atoms with E-state index in [9.17, 15) is 22.6 Å². The van der Waals surface area contributed by atoms with Gasteiger partial charge in [0.2, 0.25) is 5.44 Å². The minimum Gasteiger partial charge on any atom is -0.462 e. The lowest BCUT2D eigenvalue weighted by molar-refractivity contribution is 0.0395. The molecule has 7 nitrogen and oxygen atoms in total. The van der Waals surface area contributed by atoms with Gasteiger partial charge in [-0.2, -0.15) is 8.42 Å². The van der Waals surface area contributed by atoms with Gasteiger partial charge in [0.15, 0.2) is 0 Å². The van der Waals surface area contributed by atoms with E-state index in [-0.39, 0.29) is 24.2 Å². The van der Waals surface area contributed by atoms with Crippen LogP contribution >= 0.6 is 0 Å². The molecule has 8 heteroatoms. The monoisotopic (exact) mass is 582 g/mol. The van der Waals surface area contributed by atoms with Gasteiger partial charge in [0.25, 0.3) is 0 Å². The number of rotatable bonds is 25. The summed E-state index contributed by atoms with van der Waals surface area (Å²) in [5.74, 6) is -1.64. The van der Waals surface area contributed by atoms with Crippen LogP contribution in [0.4, 0.5) is 0 Å². The van der Waals surface area contributed by atoms with Crippen LogP contribution in [0.1, 0.15) is 163 Å². The summed E-state index contributed by atoms with van der Waals surface area (Å²) in [6, 6.07) is 5.96. The van der Waals surface area contributed by atoms with Crippen molar-refractivity contribution in [2.75, 3.05) is 6.61 Å². The molecule has 0 aliphatic carbocycles. The van der Waals surface area contributed by atoms with Crippen LogP contribution in [0.15, 0.2) is 24.3 Å². The summed E-state index contributed by atoms with van der Waals surface area (Å²) in [5, 5.41) is 0. The van der Waals surface area contributed by atoms with Crippen LogP contribution < -0.4 is 0 Å². The summed E-state index contributed by atoms with van der Waals surface area (Å²) >= 11 is 0. The smallest absolute Gasteiger partial charge is 0.340 e. The Balaban J connectivity index is 2.13. The zero-order valence-electron chi connectivity index (χ0n) is 25.0. The van der Waals surface area contributed by atoms with E-state index in [2.05, 4.69) is 6.92 Å². The third-order valence-electron chi connectivity index (χ3n) is 7.19. The fraction of sp³-hybridized carbons (Fsp3) is 0.750. The van der Waals surface area contributed by atoms with E-state index >= 15 is 0 Å². The molecule has 1 atom stereocenters. The third kappa shape index (κ3) is 17.0. The second kappa shape index (κ2) is 22.7. The Morgan fingerprint density at radius 3 is 1.45 bits per heavy atom. The normalized spacial score (nSPS) is 12.3. The summed E-state index contributed by atoms with van der Waals surface area (Å²) in [6.45, 7) is 4.22. The van der Waals surface area contributed by atoms with Crippen molar-refractivity contribution in [1.82, 2.24) is 0 Å². The van der Waals surface area contributed by atoms with Crippen molar-refractivity contribution in [1.29, 1.82) is 0 Å². The van der Waals surface area contributed by atoms with Crippen LogP contribution in [0.3, 0.4) is 0 Å². The first-order chi connectivity index (χ1) is 19.3. The van der Waals surface area contributed by atoms with Gasteiger partial charge in [0.1, 0.15) is 0 Å². The first kappa shape index (κ1) is 36.1. The second-order valence-corrected chi connectivity index (χ2v) is 12.4. The van der Waals surface area contributed by atoms with E-state index < -0.39 is 27.5 Å². The maximum Gasteiger partial charge on any atom is 0.340 e. The molecular weight excluding hydrogens is 528 g/mol. The highest BCUT2D eigenvalue weighted by Crippen LogP contribution is 2.18. The van der Waals surface area contributed by atoms with Gasteiger partial charge in [0.05, 0.1) is 17.7 Å². The molecule has 0 aliphatic heterocycles. The molecule has 1 N–H and O–H groups in total. The lowest BCUT2D eigenvalue weighted by Crippen LogP contribution is -2.27. The summed E-state index contributed by atoms with van der Waals surface area (Å²) < 4.78 is 42.6. The van der Waals surface area contributed by atoms with E-state index in [0.717, 1.165) is 19.3 Å². The van der Waals surface area contributed by atoms with E-state index in [1.807, 2.05) is 0 Å². The van der Waals surface area contributed by atoms with Gasteiger partial charge in [-0.25, -0.2) is 9.59 Å².